The van der Waals surface area contributed by atoms with Gasteiger partial charge in [0.1, 0.15) is 12.0 Å². The fourth-order valence-electron chi connectivity index (χ4n) is 3.05. The van der Waals surface area contributed by atoms with E-state index in [4.69, 9.17) is 0 Å². The van der Waals surface area contributed by atoms with Crippen molar-refractivity contribution in [3.8, 4) is 0 Å². The van der Waals surface area contributed by atoms with Crippen molar-refractivity contribution >= 4 is 17.5 Å². The highest BCUT2D eigenvalue weighted by Crippen LogP contribution is 2.43. The Kier molecular flexibility index (Phi) is 5.34. The van der Waals surface area contributed by atoms with Crippen molar-refractivity contribution in [1.29, 1.82) is 0 Å². The first kappa shape index (κ1) is 22.3. The summed E-state index contributed by atoms with van der Waals surface area (Å²) in [4.78, 5) is 20.4. The van der Waals surface area contributed by atoms with Gasteiger partial charge in [0.05, 0.1) is 6.54 Å². The van der Waals surface area contributed by atoms with Gasteiger partial charge in [-0.15, -0.1) is 5.10 Å². The number of amides is 1. The zero-order chi connectivity index (χ0) is 24.0. The molecule has 1 N–H and O–H groups in total. The molecule has 1 amide bonds. The number of carbonyl (C=O) groups is 1. The third kappa shape index (κ3) is 4.38. The number of carbonyl (C=O) groups excluding carboxylic acids is 1. The zero-order valence-corrected chi connectivity index (χ0v) is 17.2. The third-order valence-corrected chi connectivity index (χ3v) is 4.69. The van der Waals surface area contributed by atoms with Crippen LogP contribution in [0.1, 0.15) is 33.0 Å². The highest BCUT2D eigenvalue weighted by Gasteiger charge is 2.60. The summed E-state index contributed by atoms with van der Waals surface area (Å²) in [6.45, 7) is 3.60. The van der Waals surface area contributed by atoms with Crippen LogP contribution in [0.25, 0.3) is 5.65 Å². The van der Waals surface area contributed by atoms with Gasteiger partial charge in [0.2, 0.25) is 5.95 Å². The molecule has 8 nitrogen and oxygen atoms in total. The van der Waals surface area contributed by atoms with Crippen LogP contribution in [-0.2, 0) is 12.5 Å². The fraction of sp³-hybridized carbons (Fsp3) is 0.250. The highest BCUT2D eigenvalue weighted by atomic mass is 19.4. The van der Waals surface area contributed by atoms with E-state index < -0.39 is 29.4 Å². The maximum atomic E-state index is 14.0. The van der Waals surface area contributed by atoms with Crippen LogP contribution < -0.4 is 5.32 Å². The number of nitrogens with zero attached hydrogens (tertiary/aromatic N) is 6. The van der Waals surface area contributed by atoms with E-state index in [-0.39, 0.29) is 17.3 Å². The van der Waals surface area contributed by atoms with Gasteiger partial charge in [-0.25, -0.2) is 19.2 Å². The minimum absolute atomic E-state index is 0.0887. The predicted molar refractivity (Wildman–Crippen MR) is 106 cm³/mol. The summed E-state index contributed by atoms with van der Waals surface area (Å²) < 4.78 is 68.5. The molecule has 4 aromatic rings. The number of aromatic nitrogens is 6. The van der Waals surface area contributed by atoms with Gasteiger partial charge in [-0.1, -0.05) is 29.8 Å². The zero-order valence-electron chi connectivity index (χ0n) is 17.2. The Morgan fingerprint density at radius 2 is 1.73 bits per heavy atom. The van der Waals surface area contributed by atoms with Gasteiger partial charge in [0, 0.05) is 11.8 Å². The number of fused-ring (bicyclic) bond motifs is 1. The van der Waals surface area contributed by atoms with Crippen molar-refractivity contribution in [2.24, 2.45) is 0 Å². The van der Waals surface area contributed by atoms with Crippen molar-refractivity contribution in [3.63, 3.8) is 0 Å². The molecule has 1 aromatic carbocycles. The Balaban J connectivity index is 1.57. The van der Waals surface area contributed by atoms with Crippen LogP contribution >= 0.6 is 0 Å². The van der Waals surface area contributed by atoms with Gasteiger partial charge in [-0.2, -0.15) is 27.1 Å². The Hall–Kier alpha value is -3.90. The van der Waals surface area contributed by atoms with Crippen molar-refractivity contribution in [2.75, 3.05) is 5.32 Å². The molecule has 0 atom stereocenters. The van der Waals surface area contributed by atoms with E-state index in [0.717, 1.165) is 17.2 Å². The lowest BCUT2D eigenvalue weighted by molar-refractivity contribution is -0.291. The summed E-state index contributed by atoms with van der Waals surface area (Å²) in [5.74, 6) is -6.18. The van der Waals surface area contributed by atoms with Crippen LogP contribution in [0.5, 0.6) is 0 Å². The number of hydrogen-bond acceptors (Lipinski definition) is 5. The number of hydrogen-bond donors (Lipinski definition) is 1. The largest absolute Gasteiger partial charge is 0.459 e. The van der Waals surface area contributed by atoms with Gasteiger partial charge < -0.3 is 0 Å². The Morgan fingerprint density at radius 1 is 1.03 bits per heavy atom. The number of nitrogens with one attached hydrogen (secondary N) is 1. The lowest BCUT2D eigenvalue weighted by Crippen LogP contribution is -2.36. The summed E-state index contributed by atoms with van der Waals surface area (Å²) in [5.41, 5.74) is -0.261. The number of anilines is 1. The molecule has 0 aliphatic rings. The summed E-state index contributed by atoms with van der Waals surface area (Å²) in [6, 6.07) is 9.27. The van der Waals surface area contributed by atoms with E-state index >= 15 is 0 Å². The van der Waals surface area contributed by atoms with E-state index in [9.17, 15) is 26.7 Å². The normalized spacial score (nSPS) is 12.3. The van der Waals surface area contributed by atoms with Crippen LogP contribution in [-0.4, -0.2) is 41.4 Å². The highest BCUT2D eigenvalue weighted by molar-refractivity contribution is 6.02. The Bertz CT molecular complexity index is 1330. The van der Waals surface area contributed by atoms with Gasteiger partial charge in [0.15, 0.2) is 11.3 Å². The van der Waals surface area contributed by atoms with E-state index in [1.54, 1.807) is 0 Å². The molecule has 13 heteroatoms. The van der Waals surface area contributed by atoms with Crippen LogP contribution in [0.3, 0.4) is 0 Å². The average Bonchev–Trinajstić information content (AvgIpc) is 3.35. The van der Waals surface area contributed by atoms with Gasteiger partial charge in [-0.05, 0) is 25.5 Å². The smallest absolute Gasteiger partial charge is 0.288 e. The summed E-state index contributed by atoms with van der Waals surface area (Å²) in [5, 5.41) is 10.1. The monoisotopic (exact) mass is 465 g/mol. The second-order valence-electron chi connectivity index (χ2n) is 7.36. The summed E-state index contributed by atoms with van der Waals surface area (Å²) >= 11 is 0. The van der Waals surface area contributed by atoms with Crippen LogP contribution in [0.15, 0.2) is 42.7 Å². The topological polar surface area (TPSA) is 90.0 Å². The van der Waals surface area contributed by atoms with Crippen molar-refractivity contribution in [3.05, 3.63) is 70.9 Å². The number of halogens is 5. The second kappa shape index (κ2) is 7.90. The molecular formula is C20H16F5N7O. The van der Waals surface area contributed by atoms with E-state index in [2.05, 4.69) is 25.5 Å². The molecule has 0 saturated heterocycles. The molecule has 172 valence electrons. The first-order valence-electron chi connectivity index (χ1n) is 9.53. The van der Waals surface area contributed by atoms with E-state index in [0.29, 0.717) is 17.1 Å². The molecule has 0 radical (unpaired) electrons. The van der Waals surface area contributed by atoms with Crippen molar-refractivity contribution in [1.82, 2.24) is 29.4 Å². The SMILES string of the molecule is Cc1ccc(Cn2cnc(NC(=O)c3cc4nc(C)cc(C(F)(F)C(F)(F)F)n4n3)n2)cc1. The van der Waals surface area contributed by atoms with Gasteiger partial charge in [0.25, 0.3) is 5.91 Å². The molecule has 0 spiro atoms. The number of rotatable bonds is 5. The van der Waals surface area contributed by atoms with Crippen LogP contribution in [0, 0.1) is 13.8 Å². The van der Waals surface area contributed by atoms with Gasteiger partial charge >= 0.3 is 12.1 Å². The quantitative estimate of drug-likeness (QED) is 0.452. The molecule has 0 bridgehead atoms. The minimum Gasteiger partial charge on any atom is -0.288 e. The first-order chi connectivity index (χ1) is 15.4. The molecule has 0 unspecified atom stereocenters. The molecular weight excluding hydrogens is 449 g/mol. The predicted octanol–water partition coefficient (Wildman–Crippen LogP) is 3.89. The second-order valence-corrected chi connectivity index (χ2v) is 7.36. The molecule has 0 fully saturated rings. The fourth-order valence-corrected chi connectivity index (χ4v) is 3.05. The van der Waals surface area contributed by atoms with E-state index in [1.165, 1.54) is 17.9 Å². The molecule has 0 saturated carbocycles. The minimum atomic E-state index is -5.85. The molecule has 3 aromatic heterocycles. The lowest BCUT2D eigenvalue weighted by Gasteiger charge is -2.20. The molecule has 0 aliphatic carbocycles. The molecule has 0 aliphatic heterocycles. The average molecular weight is 465 g/mol. The standard InChI is InChI=1S/C20H16F5N7O/c1-11-3-5-13(6-4-11)9-31-10-26-18(30-31)28-17(33)14-8-16-27-12(2)7-15(32(16)29-14)19(21,22)20(23,24)25/h3-8,10H,9H2,1-2H3,(H,28,30,33). The van der Waals surface area contributed by atoms with Crippen LogP contribution in [0.4, 0.5) is 27.9 Å². The van der Waals surface area contributed by atoms with Crippen LogP contribution in [0.2, 0.25) is 0 Å². The maximum absolute atomic E-state index is 14.0. The first-order valence-corrected chi connectivity index (χ1v) is 9.53. The van der Waals surface area contributed by atoms with Crippen molar-refractivity contribution in [2.45, 2.75) is 32.5 Å². The summed E-state index contributed by atoms with van der Waals surface area (Å²) in [7, 11) is 0. The number of benzene rings is 1. The Labute approximate surface area is 183 Å². The third-order valence-electron chi connectivity index (χ3n) is 4.69. The molecule has 3 heterocycles. The van der Waals surface area contributed by atoms with Gasteiger partial charge in [-0.3, -0.25) is 10.1 Å². The van der Waals surface area contributed by atoms with Crippen molar-refractivity contribution < 1.29 is 26.7 Å². The maximum Gasteiger partial charge on any atom is 0.459 e. The summed E-state index contributed by atoms with van der Waals surface area (Å²) in [6.07, 6.45) is -4.47. The molecule has 4 rings (SSSR count). The number of aryl methyl sites for hydroxylation is 2. The Morgan fingerprint density at radius 3 is 2.39 bits per heavy atom. The number of alkyl halides is 5. The lowest BCUT2D eigenvalue weighted by atomic mass is 10.1. The van der Waals surface area contributed by atoms with E-state index in [1.807, 2.05) is 31.2 Å². The molecule has 33 heavy (non-hydrogen) atoms.